The van der Waals surface area contributed by atoms with Gasteiger partial charge in [-0.1, -0.05) is 23.8 Å². The van der Waals surface area contributed by atoms with Crippen LogP contribution in [0.25, 0.3) is 0 Å². The molecule has 134 valence electrons. The van der Waals surface area contributed by atoms with E-state index in [1.165, 1.54) is 5.56 Å². The molecule has 5 heteroatoms. The maximum Gasteiger partial charge on any atom is 0.264 e. The van der Waals surface area contributed by atoms with E-state index in [-0.39, 0.29) is 24.9 Å². The van der Waals surface area contributed by atoms with E-state index >= 15 is 0 Å². The SMILES string of the molecule is Cc1cc(C)c(OCC(=O)N2CCCc3c(N)cccc32)c(C)c1.Cl. The van der Waals surface area contributed by atoms with Gasteiger partial charge in [0.15, 0.2) is 6.61 Å². The second kappa shape index (κ2) is 7.79. The average Bonchev–Trinajstić information content (AvgIpc) is 2.53. The summed E-state index contributed by atoms with van der Waals surface area (Å²) in [5.41, 5.74) is 12.1. The average molecular weight is 361 g/mol. The Bertz CT molecular complexity index is 766. The van der Waals surface area contributed by atoms with Crippen molar-refractivity contribution in [1.82, 2.24) is 0 Å². The summed E-state index contributed by atoms with van der Waals surface area (Å²) in [6, 6.07) is 9.90. The van der Waals surface area contributed by atoms with Crippen LogP contribution in [-0.4, -0.2) is 19.1 Å². The van der Waals surface area contributed by atoms with Crippen LogP contribution < -0.4 is 15.4 Å². The molecule has 0 saturated heterocycles. The normalized spacial score (nSPS) is 13.0. The molecule has 1 aliphatic rings. The van der Waals surface area contributed by atoms with Crippen LogP contribution in [0.3, 0.4) is 0 Å². The third-order valence-electron chi connectivity index (χ3n) is 4.53. The molecule has 1 heterocycles. The highest BCUT2D eigenvalue weighted by atomic mass is 35.5. The Hall–Kier alpha value is -2.20. The van der Waals surface area contributed by atoms with Gasteiger partial charge in [0.25, 0.3) is 5.91 Å². The van der Waals surface area contributed by atoms with Crippen LogP contribution in [0.2, 0.25) is 0 Å². The van der Waals surface area contributed by atoms with Crippen LogP contribution in [0.15, 0.2) is 30.3 Å². The Morgan fingerprint density at radius 3 is 2.56 bits per heavy atom. The lowest BCUT2D eigenvalue weighted by Gasteiger charge is -2.30. The zero-order valence-corrected chi connectivity index (χ0v) is 15.8. The van der Waals surface area contributed by atoms with Crippen molar-refractivity contribution in [2.24, 2.45) is 0 Å². The Morgan fingerprint density at radius 2 is 1.88 bits per heavy atom. The molecule has 0 bridgehead atoms. The Labute approximate surface area is 155 Å². The van der Waals surface area contributed by atoms with Gasteiger partial charge in [0.2, 0.25) is 0 Å². The number of hydrogen-bond donors (Lipinski definition) is 1. The second-order valence-electron chi connectivity index (χ2n) is 6.51. The van der Waals surface area contributed by atoms with Gasteiger partial charge in [0.05, 0.1) is 0 Å². The van der Waals surface area contributed by atoms with E-state index in [2.05, 4.69) is 19.1 Å². The molecule has 0 aliphatic carbocycles. The molecule has 0 unspecified atom stereocenters. The van der Waals surface area contributed by atoms with Gasteiger partial charge in [-0.25, -0.2) is 0 Å². The first-order valence-electron chi connectivity index (χ1n) is 8.35. The summed E-state index contributed by atoms with van der Waals surface area (Å²) in [5.74, 6) is 0.777. The van der Waals surface area contributed by atoms with Gasteiger partial charge in [-0.2, -0.15) is 0 Å². The monoisotopic (exact) mass is 360 g/mol. The van der Waals surface area contributed by atoms with E-state index in [4.69, 9.17) is 10.5 Å². The fourth-order valence-electron chi connectivity index (χ4n) is 3.52. The van der Waals surface area contributed by atoms with E-state index in [1.807, 2.05) is 32.0 Å². The van der Waals surface area contributed by atoms with Crippen LogP contribution in [0.1, 0.15) is 28.7 Å². The number of nitrogens with two attached hydrogens (primary N) is 1. The molecule has 4 nitrogen and oxygen atoms in total. The van der Waals surface area contributed by atoms with Crippen LogP contribution >= 0.6 is 12.4 Å². The number of ether oxygens (including phenoxy) is 1. The zero-order valence-electron chi connectivity index (χ0n) is 15.0. The molecule has 0 radical (unpaired) electrons. The molecule has 1 aliphatic heterocycles. The molecule has 0 fully saturated rings. The standard InChI is InChI=1S/C20H24N2O2.ClH/c1-13-10-14(2)20(15(3)11-13)24-12-19(23)22-9-5-6-16-17(21)7-4-8-18(16)22;/h4,7-8,10-11H,5-6,9,12,21H2,1-3H3;1H. The maximum atomic E-state index is 12.7. The fourth-order valence-corrected chi connectivity index (χ4v) is 3.52. The molecule has 2 aromatic rings. The summed E-state index contributed by atoms with van der Waals surface area (Å²) in [6.45, 7) is 6.83. The number of nitrogen functional groups attached to an aromatic ring is 1. The van der Waals surface area contributed by atoms with Crippen LogP contribution in [-0.2, 0) is 11.2 Å². The summed E-state index contributed by atoms with van der Waals surface area (Å²) < 4.78 is 5.86. The van der Waals surface area contributed by atoms with Crippen molar-refractivity contribution in [2.75, 3.05) is 23.8 Å². The van der Waals surface area contributed by atoms with Crippen molar-refractivity contribution in [3.05, 3.63) is 52.6 Å². The number of halogens is 1. The maximum absolute atomic E-state index is 12.7. The fraction of sp³-hybridized carbons (Fsp3) is 0.350. The van der Waals surface area contributed by atoms with Gasteiger partial charge in [-0.05, 0) is 62.4 Å². The first kappa shape index (κ1) is 19.1. The van der Waals surface area contributed by atoms with Gasteiger partial charge < -0.3 is 15.4 Å². The predicted octanol–water partition coefficient (Wildman–Crippen LogP) is 3.97. The quantitative estimate of drug-likeness (QED) is 0.842. The number of amides is 1. The minimum Gasteiger partial charge on any atom is -0.483 e. The van der Waals surface area contributed by atoms with Crippen molar-refractivity contribution in [3.63, 3.8) is 0 Å². The molecule has 1 amide bonds. The van der Waals surface area contributed by atoms with Gasteiger partial charge in [-0.15, -0.1) is 12.4 Å². The van der Waals surface area contributed by atoms with Gasteiger partial charge in [-0.3, -0.25) is 4.79 Å². The number of anilines is 2. The number of benzene rings is 2. The van der Waals surface area contributed by atoms with Crippen molar-refractivity contribution in [1.29, 1.82) is 0 Å². The highest BCUT2D eigenvalue weighted by molar-refractivity contribution is 5.96. The zero-order chi connectivity index (χ0) is 17.3. The molecule has 0 atom stereocenters. The lowest BCUT2D eigenvalue weighted by Crippen LogP contribution is -2.39. The van der Waals surface area contributed by atoms with Gasteiger partial charge >= 0.3 is 0 Å². The first-order chi connectivity index (χ1) is 11.5. The van der Waals surface area contributed by atoms with Crippen LogP contribution in [0.5, 0.6) is 5.75 Å². The van der Waals surface area contributed by atoms with E-state index in [9.17, 15) is 4.79 Å². The number of hydrogen-bond acceptors (Lipinski definition) is 3. The van der Waals surface area contributed by atoms with Crippen molar-refractivity contribution in [2.45, 2.75) is 33.6 Å². The van der Waals surface area contributed by atoms with E-state index < -0.39 is 0 Å². The molecule has 3 rings (SSSR count). The Kier molecular flexibility index (Phi) is 5.96. The highest BCUT2D eigenvalue weighted by Crippen LogP contribution is 2.31. The topological polar surface area (TPSA) is 55.6 Å². The molecule has 0 aromatic heterocycles. The highest BCUT2D eigenvalue weighted by Gasteiger charge is 2.24. The molecule has 25 heavy (non-hydrogen) atoms. The molecular formula is C20H25ClN2O2. The predicted molar refractivity (Wildman–Crippen MR) is 105 cm³/mol. The largest absolute Gasteiger partial charge is 0.483 e. The van der Waals surface area contributed by atoms with Crippen LogP contribution in [0.4, 0.5) is 11.4 Å². The Balaban J connectivity index is 0.00000225. The molecule has 0 spiro atoms. The van der Waals surface area contributed by atoms with Gasteiger partial charge in [0, 0.05) is 17.9 Å². The summed E-state index contributed by atoms with van der Waals surface area (Å²) in [6.07, 6.45) is 1.85. The van der Waals surface area contributed by atoms with Crippen molar-refractivity contribution < 1.29 is 9.53 Å². The smallest absolute Gasteiger partial charge is 0.264 e. The minimum atomic E-state index is -0.0269. The van der Waals surface area contributed by atoms with Crippen molar-refractivity contribution >= 4 is 29.7 Å². The third kappa shape index (κ3) is 3.90. The molecular weight excluding hydrogens is 336 g/mol. The summed E-state index contributed by atoms with van der Waals surface area (Å²) in [5, 5.41) is 0. The van der Waals surface area contributed by atoms with E-state index in [0.29, 0.717) is 6.54 Å². The van der Waals surface area contributed by atoms with E-state index in [1.54, 1.807) is 4.90 Å². The molecule has 0 saturated carbocycles. The van der Waals surface area contributed by atoms with E-state index in [0.717, 1.165) is 46.7 Å². The lowest BCUT2D eigenvalue weighted by molar-refractivity contribution is -0.120. The van der Waals surface area contributed by atoms with Crippen LogP contribution in [0, 0.1) is 20.8 Å². The second-order valence-corrected chi connectivity index (χ2v) is 6.51. The number of carbonyl (C=O) groups excluding carboxylic acids is 1. The first-order valence-corrected chi connectivity index (χ1v) is 8.35. The molecule has 2 N–H and O–H groups in total. The number of rotatable bonds is 3. The number of nitrogens with zero attached hydrogens (tertiary/aromatic N) is 1. The third-order valence-corrected chi connectivity index (χ3v) is 4.53. The number of carbonyl (C=O) groups is 1. The summed E-state index contributed by atoms with van der Waals surface area (Å²) in [4.78, 5) is 14.5. The minimum absolute atomic E-state index is 0. The lowest BCUT2D eigenvalue weighted by atomic mass is 10.00. The summed E-state index contributed by atoms with van der Waals surface area (Å²) in [7, 11) is 0. The number of fused-ring (bicyclic) bond motifs is 1. The Morgan fingerprint density at radius 1 is 1.20 bits per heavy atom. The number of aryl methyl sites for hydroxylation is 3. The van der Waals surface area contributed by atoms with Crippen molar-refractivity contribution in [3.8, 4) is 5.75 Å². The summed E-state index contributed by atoms with van der Waals surface area (Å²) >= 11 is 0. The molecule has 2 aromatic carbocycles. The van der Waals surface area contributed by atoms with Gasteiger partial charge in [0.1, 0.15) is 5.75 Å².